The fourth-order valence-electron chi connectivity index (χ4n) is 4.09. The van der Waals surface area contributed by atoms with Crippen molar-refractivity contribution in [1.29, 1.82) is 0 Å². The van der Waals surface area contributed by atoms with E-state index in [-0.39, 0.29) is 0 Å². The van der Waals surface area contributed by atoms with Crippen LogP contribution in [0.3, 0.4) is 0 Å². The molecule has 0 aliphatic carbocycles. The van der Waals surface area contributed by atoms with Crippen molar-refractivity contribution in [3.63, 3.8) is 0 Å². The lowest BCUT2D eigenvalue weighted by molar-refractivity contribution is 1.11. The number of imidazole rings is 1. The summed E-state index contributed by atoms with van der Waals surface area (Å²) in [4.78, 5) is 21.5. The van der Waals surface area contributed by atoms with Crippen molar-refractivity contribution >= 4 is 27.6 Å². The van der Waals surface area contributed by atoms with Crippen molar-refractivity contribution in [2.75, 3.05) is 5.32 Å². The van der Waals surface area contributed by atoms with Gasteiger partial charge in [-0.25, -0.2) is 4.98 Å². The molecule has 0 unspecified atom stereocenters. The number of aromatic amines is 2. The van der Waals surface area contributed by atoms with Crippen LogP contribution in [0, 0.1) is 0 Å². The van der Waals surface area contributed by atoms with Gasteiger partial charge in [-0.15, -0.1) is 0 Å². The molecule has 8 heteroatoms. The van der Waals surface area contributed by atoms with Gasteiger partial charge in [0.15, 0.2) is 5.82 Å². The second-order valence-electron chi connectivity index (χ2n) is 8.26. The maximum Gasteiger partial charge on any atom is 0.159 e. The Morgan fingerprint density at radius 2 is 1.83 bits per heavy atom. The average Bonchev–Trinajstić information content (AvgIpc) is 3.53. The zero-order chi connectivity index (χ0) is 23.8. The van der Waals surface area contributed by atoms with E-state index in [0.29, 0.717) is 5.82 Å². The van der Waals surface area contributed by atoms with Crippen molar-refractivity contribution in [3.8, 4) is 33.9 Å². The molecule has 6 aromatic rings. The molecule has 0 aliphatic heterocycles. The van der Waals surface area contributed by atoms with E-state index in [2.05, 4.69) is 67.2 Å². The molecule has 0 bridgehead atoms. The van der Waals surface area contributed by atoms with Gasteiger partial charge in [0.25, 0.3) is 0 Å². The SMILES string of the molecule is C=C(CC)Nc1cncc(-c2ccc3[nH]nc(-c4nc5c(-c6cccnc6)nccc5[nH]4)c3c2)c1. The lowest BCUT2D eigenvalue weighted by atomic mass is 10.0. The Kier molecular flexibility index (Phi) is 5.03. The standard InChI is InChI=1S/C27H22N8/c1-3-16(2)31-20-11-19(14-29-15-20)17-6-7-22-21(12-17)25(35-34-22)27-32-23-8-10-30-24(26(23)33-27)18-5-4-9-28-13-18/h4-15,31H,2-3H2,1H3,(H,32,33)(H,34,35). The predicted molar refractivity (Wildman–Crippen MR) is 138 cm³/mol. The summed E-state index contributed by atoms with van der Waals surface area (Å²) in [6, 6.07) is 14.1. The number of pyridine rings is 3. The molecule has 5 aromatic heterocycles. The van der Waals surface area contributed by atoms with E-state index in [4.69, 9.17) is 4.98 Å². The average molecular weight is 459 g/mol. The first-order valence-corrected chi connectivity index (χ1v) is 11.3. The summed E-state index contributed by atoms with van der Waals surface area (Å²) in [6.45, 7) is 6.09. The minimum Gasteiger partial charge on any atom is -0.358 e. The Balaban J connectivity index is 1.43. The Hall–Kier alpha value is -4.85. The number of hydrogen-bond acceptors (Lipinski definition) is 6. The number of fused-ring (bicyclic) bond motifs is 2. The summed E-state index contributed by atoms with van der Waals surface area (Å²) in [5.74, 6) is 0.675. The van der Waals surface area contributed by atoms with Gasteiger partial charge in [-0.3, -0.25) is 20.1 Å². The van der Waals surface area contributed by atoms with Crippen LogP contribution < -0.4 is 5.32 Å². The molecule has 0 amide bonds. The van der Waals surface area contributed by atoms with Gasteiger partial charge >= 0.3 is 0 Å². The van der Waals surface area contributed by atoms with Crippen molar-refractivity contribution in [2.24, 2.45) is 0 Å². The van der Waals surface area contributed by atoms with Crippen LogP contribution in [0.15, 0.2) is 85.7 Å². The molecule has 0 fully saturated rings. The molecule has 0 aliphatic rings. The highest BCUT2D eigenvalue weighted by molar-refractivity contribution is 5.97. The van der Waals surface area contributed by atoms with Crippen LogP contribution in [0.25, 0.3) is 55.8 Å². The summed E-state index contributed by atoms with van der Waals surface area (Å²) in [6.07, 6.45) is 9.81. The molecular weight excluding hydrogens is 436 g/mol. The van der Waals surface area contributed by atoms with Gasteiger partial charge in [0.05, 0.1) is 28.6 Å². The van der Waals surface area contributed by atoms with Gasteiger partial charge < -0.3 is 10.3 Å². The van der Waals surface area contributed by atoms with Crippen LogP contribution in [-0.2, 0) is 0 Å². The fourth-order valence-corrected chi connectivity index (χ4v) is 4.09. The van der Waals surface area contributed by atoms with Crippen LogP contribution in [0.4, 0.5) is 5.69 Å². The van der Waals surface area contributed by atoms with Crippen molar-refractivity contribution in [3.05, 3.63) is 85.7 Å². The van der Waals surface area contributed by atoms with E-state index in [1.165, 1.54) is 0 Å². The third kappa shape index (κ3) is 3.80. The molecule has 8 nitrogen and oxygen atoms in total. The number of aromatic nitrogens is 7. The van der Waals surface area contributed by atoms with Gasteiger partial charge in [-0.1, -0.05) is 19.6 Å². The van der Waals surface area contributed by atoms with Gasteiger partial charge in [-0.2, -0.15) is 5.10 Å². The van der Waals surface area contributed by atoms with E-state index < -0.39 is 0 Å². The number of anilines is 1. The van der Waals surface area contributed by atoms with Gasteiger partial charge in [-0.05, 0) is 48.4 Å². The number of benzene rings is 1. The van der Waals surface area contributed by atoms with E-state index in [1.807, 2.05) is 30.5 Å². The first kappa shape index (κ1) is 20.7. The van der Waals surface area contributed by atoms with Crippen LogP contribution in [0.1, 0.15) is 13.3 Å². The number of allylic oxidation sites excluding steroid dienone is 1. The first-order chi connectivity index (χ1) is 17.2. The van der Waals surface area contributed by atoms with Crippen molar-refractivity contribution in [1.82, 2.24) is 35.1 Å². The van der Waals surface area contributed by atoms with Crippen LogP contribution >= 0.6 is 0 Å². The Morgan fingerprint density at radius 3 is 2.69 bits per heavy atom. The molecule has 170 valence electrons. The van der Waals surface area contributed by atoms with Gasteiger partial charge in [0.2, 0.25) is 0 Å². The van der Waals surface area contributed by atoms with E-state index in [1.54, 1.807) is 24.8 Å². The van der Waals surface area contributed by atoms with Crippen LogP contribution in [-0.4, -0.2) is 35.1 Å². The molecule has 0 saturated heterocycles. The smallest absolute Gasteiger partial charge is 0.159 e. The molecule has 0 radical (unpaired) electrons. The molecule has 3 N–H and O–H groups in total. The van der Waals surface area contributed by atoms with E-state index in [9.17, 15) is 0 Å². The predicted octanol–water partition coefficient (Wildman–Crippen LogP) is 5.96. The lowest BCUT2D eigenvalue weighted by Gasteiger charge is -2.09. The topological polar surface area (TPSA) is 108 Å². The maximum absolute atomic E-state index is 4.88. The Bertz CT molecular complexity index is 1680. The third-order valence-electron chi connectivity index (χ3n) is 5.94. The number of H-pyrrole nitrogens is 2. The quantitative estimate of drug-likeness (QED) is 0.284. The monoisotopic (exact) mass is 458 g/mol. The normalized spacial score (nSPS) is 11.2. The molecule has 0 saturated carbocycles. The van der Waals surface area contributed by atoms with Crippen molar-refractivity contribution < 1.29 is 0 Å². The molecule has 0 spiro atoms. The fraction of sp³-hybridized carbons (Fsp3) is 0.0741. The molecular formula is C27H22N8. The second kappa shape index (κ2) is 8.49. The largest absolute Gasteiger partial charge is 0.358 e. The highest BCUT2D eigenvalue weighted by Gasteiger charge is 2.16. The second-order valence-corrected chi connectivity index (χ2v) is 8.26. The minimum absolute atomic E-state index is 0.675. The summed E-state index contributed by atoms with van der Waals surface area (Å²) in [5, 5.41) is 12.0. The van der Waals surface area contributed by atoms with Crippen molar-refractivity contribution in [2.45, 2.75) is 13.3 Å². The Morgan fingerprint density at radius 1 is 0.914 bits per heavy atom. The molecule has 0 atom stereocenters. The summed E-state index contributed by atoms with van der Waals surface area (Å²) in [7, 11) is 0. The molecule has 1 aromatic carbocycles. The summed E-state index contributed by atoms with van der Waals surface area (Å²) in [5.41, 5.74) is 8.93. The number of nitrogens with zero attached hydrogens (tertiary/aromatic N) is 5. The number of hydrogen-bond donors (Lipinski definition) is 3. The first-order valence-electron chi connectivity index (χ1n) is 11.3. The zero-order valence-corrected chi connectivity index (χ0v) is 19.1. The van der Waals surface area contributed by atoms with E-state index in [0.717, 1.165) is 67.8 Å². The third-order valence-corrected chi connectivity index (χ3v) is 5.94. The zero-order valence-electron chi connectivity index (χ0n) is 19.1. The highest BCUT2D eigenvalue weighted by Crippen LogP contribution is 2.32. The molecule has 35 heavy (non-hydrogen) atoms. The lowest BCUT2D eigenvalue weighted by Crippen LogP contribution is -1.97. The highest BCUT2D eigenvalue weighted by atomic mass is 15.1. The number of nitrogens with one attached hydrogen (secondary N) is 3. The van der Waals surface area contributed by atoms with Gasteiger partial charge in [0.1, 0.15) is 11.2 Å². The maximum atomic E-state index is 4.88. The van der Waals surface area contributed by atoms with Gasteiger partial charge in [0, 0.05) is 47.0 Å². The van der Waals surface area contributed by atoms with Crippen LogP contribution in [0.5, 0.6) is 0 Å². The van der Waals surface area contributed by atoms with Crippen LogP contribution in [0.2, 0.25) is 0 Å². The molecule has 6 rings (SSSR count). The molecule has 5 heterocycles. The Labute approximate surface area is 201 Å². The van der Waals surface area contributed by atoms with E-state index >= 15 is 0 Å². The minimum atomic E-state index is 0.675. The summed E-state index contributed by atoms with van der Waals surface area (Å²) < 4.78 is 0. The summed E-state index contributed by atoms with van der Waals surface area (Å²) >= 11 is 0. The number of rotatable bonds is 6.